The highest BCUT2D eigenvalue weighted by molar-refractivity contribution is 5.93. The highest BCUT2D eigenvalue weighted by Gasteiger charge is 2.58. The van der Waals surface area contributed by atoms with Gasteiger partial charge in [-0.05, 0) is 12.1 Å². The Hall–Kier alpha value is -1.66. The van der Waals surface area contributed by atoms with Crippen molar-refractivity contribution in [3.05, 3.63) is 36.8 Å². The molecule has 0 unspecified atom stereocenters. The summed E-state index contributed by atoms with van der Waals surface area (Å²) in [7, 11) is 0. The van der Waals surface area contributed by atoms with Crippen LogP contribution >= 0.6 is 0 Å². The Morgan fingerprint density at radius 2 is 1.53 bits per heavy atom. The van der Waals surface area contributed by atoms with E-state index in [0.717, 1.165) is 12.1 Å². The van der Waals surface area contributed by atoms with E-state index in [1.54, 1.807) is 0 Å². The monoisotopic (exact) mass is 252 g/mol. The fraction of sp³-hybridized carbons (Fsp3) is 0.200. The van der Waals surface area contributed by atoms with Crippen LogP contribution < -0.4 is 5.32 Å². The number of alkyl halides is 5. The molecule has 1 aromatic rings. The van der Waals surface area contributed by atoms with Crippen LogP contribution in [0, 0.1) is 6.92 Å². The number of carbonyl (C=O) groups is 1. The first-order chi connectivity index (χ1) is 7.64. The molecule has 93 valence electrons. The quantitative estimate of drug-likeness (QED) is 0.805. The Morgan fingerprint density at radius 3 is 1.88 bits per heavy atom. The summed E-state index contributed by atoms with van der Waals surface area (Å²) in [5.74, 6) is -5.61. The zero-order chi connectivity index (χ0) is 13.3. The Kier molecular flexibility index (Phi) is 3.40. The molecular formula is C10H7F5NO. The number of halogens is 5. The van der Waals surface area contributed by atoms with Gasteiger partial charge < -0.3 is 5.32 Å². The minimum Gasteiger partial charge on any atom is -0.326 e. The molecule has 0 aliphatic heterocycles. The molecule has 0 heterocycles. The van der Waals surface area contributed by atoms with E-state index in [0.29, 0.717) is 12.1 Å². The van der Waals surface area contributed by atoms with Crippen molar-refractivity contribution in [2.24, 2.45) is 0 Å². The highest BCUT2D eigenvalue weighted by Crippen LogP contribution is 2.43. The van der Waals surface area contributed by atoms with Gasteiger partial charge in [0.15, 0.2) is 0 Å². The van der Waals surface area contributed by atoms with Gasteiger partial charge >= 0.3 is 12.1 Å². The summed E-state index contributed by atoms with van der Waals surface area (Å²) in [4.78, 5) is 10.5. The van der Waals surface area contributed by atoms with Crippen LogP contribution in [0.15, 0.2) is 24.3 Å². The van der Waals surface area contributed by atoms with Crippen molar-refractivity contribution in [3.63, 3.8) is 0 Å². The maximum absolute atomic E-state index is 12.8. The maximum atomic E-state index is 12.8. The van der Waals surface area contributed by atoms with E-state index in [-0.39, 0.29) is 5.69 Å². The van der Waals surface area contributed by atoms with Gasteiger partial charge in [0.1, 0.15) is 0 Å². The number of rotatable bonds is 2. The second kappa shape index (κ2) is 4.31. The van der Waals surface area contributed by atoms with E-state index < -0.39 is 23.6 Å². The number of carbonyl (C=O) groups excluding carboxylic acids is 1. The smallest absolute Gasteiger partial charge is 0.326 e. The third-order valence-electron chi connectivity index (χ3n) is 1.89. The molecule has 0 fully saturated rings. The number of hydrogen-bond donors (Lipinski definition) is 1. The van der Waals surface area contributed by atoms with Crippen molar-refractivity contribution < 1.29 is 26.7 Å². The van der Waals surface area contributed by atoms with Crippen LogP contribution in [0.4, 0.5) is 27.6 Å². The average Bonchev–Trinajstić information content (AvgIpc) is 2.15. The van der Waals surface area contributed by atoms with Gasteiger partial charge in [-0.25, -0.2) is 0 Å². The zero-order valence-electron chi connectivity index (χ0n) is 8.31. The molecule has 0 spiro atoms. The third-order valence-corrected chi connectivity index (χ3v) is 1.89. The second-order valence-corrected chi connectivity index (χ2v) is 3.20. The topological polar surface area (TPSA) is 29.1 Å². The van der Waals surface area contributed by atoms with Crippen LogP contribution in [-0.2, 0) is 10.7 Å². The largest absolute Gasteiger partial charge is 0.458 e. The Balaban J connectivity index is 2.99. The van der Waals surface area contributed by atoms with Crippen molar-refractivity contribution in [3.8, 4) is 0 Å². The molecule has 1 aromatic carbocycles. The number of amides is 1. The van der Waals surface area contributed by atoms with Gasteiger partial charge in [-0.1, -0.05) is 12.1 Å². The molecule has 0 atom stereocenters. The summed E-state index contributed by atoms with van der Waals surface area (Å²) < 4.78 is 61.7. The first-order valence-electron chi connectivity index (χ1n) is 4.32. The predicted octanol–water partition coefficient (Wildman–Crippen LogP) is 3.11. The molecule has 1 amide bonds. The Bertz CT molecular complexity index is 410. The van der Waals surface area contributed by atoms with Gasteiger partial charge in [-0.15, -0.1) is 0 Å². The lowest BCUT2D eigenvalue weighted by Crippen LogP contribution is -2.33. The van der Waals surface area contributed by atoms with E-state index >= 15 is 0 Å². The fourth-order valence-electron chi connectivity index (χ4n) is 1.09. The predicted molar refractivity (Wildman–Crippen MR) is 50.4 cm³/mol. The maximum Gasteiger partial charge on any atom is 0.458 e. The lowest BCUT2D eigenvalue weighted by Gasteiger charge is -2.19. The highest BCUT2D eigenvalue weighted by atomic mass is 19.4. The normalized spacial score (nSPS) is 12.4. The number of anilines is 1. The first-order valence-corrected chi connectivity index (χ1v) is 4.32. The summed E-state index contributed by atoms with van der Waals surface area (Å²) in [6.45, 7) is 2.97. The van der Waals surface area contributed by atoms with Gasteiger partial charge in [0.2, 0.25) is 5.91 Å². The molecule has 17 heavy (non-hydrogen) atoms. The van der Waals surface area contributed by atoms with Gasteiger partial charge in [0.25, 0.3) is 0 Å². The van der Waals surface area contributed by atoms with Gasteiger partial charge in [-0.3, -0.25) is 4.79 Å². The number of nitrogens with one attached hydrogen (secondary N) is 1. The van der Waals surface area contributed by atoms with E-state index in [2.05, 4.69) is 12.2 Å². The molecular weight excluding hydrogens is 245 g/mol. The van der Waals surface area contributed by atoms with Crippen LogP contribution in [0.5, 0.6) is 0 Å². The Morgan fingerprint density at radius 1 is 1.06 bits per heavy atom. The summed E-state index contributed by atoms with van der Waals surface area (Å²) in [6, 6.07) is 3.08. The fourth-order valence-corrected chi connectivity index (χ4v) is 1.09. The van der Waals surface area contributed by atoms with Crippen molar-refractivity contribution in [1.82, 2.24) is 0 Å². The van der Waals surface area contributed by atoms with Crippen LogP contribution in [0.2, 0.25) is 0 Å². The zero-order valence-corrected chi connectivity index (χ0v) is 8.31. The molecule has 0 aliphatic rings. The molecule has 0 aromatic heterocycles. The van der Waals surface area contributed by atoms with E-state index in [1.165, 1.54) is 0 Å². The molecule has 1 rings (SSSR count). The van der Waals surface area contributed by atoms with Crippen molar-refractivity contribution in [1.29, 1.82) is 0 Å². The molecule has 1 radical (unpaired) electrons. The molecule has 0 bridgehead atoms. The van der Waals surface area contributed by atoms with E-state index in [9.17, 15) is 26.7 Å². The lowest BCUT2D eigenvalue weighted by molar-refractivity contribution is -0.289. The van der Waals surface area contributed by atoms with Crippen LogP contribution in [0.1, 0.15) is 5.56 Å². The van der Waals surface area contributed by atoms with E-state index in [1.807, 2.05) is 0 Å². The standard InChI is InChI=1S/C10H7F5NO/c1-6(17)16-8-4-2-7(3-5-8)9(11,12)10(13,14)15/h2-5H,1H2,(H,16,17). The SMILES string of the molecule is [CH2]C(=O)Nc1ccc(C(F)(F)C(F)(F)F)cc1. The summed E-state index contributed by atoms with van der Waals surface area (Å²) >= 11 is 0. The van der Waals surface area contributed by atoms with Crippen molar-refractivity contribution >= 4 is 11.6 Å². The molecule has 0 aliphatic carbocycles. The minimum absolute atomic E-state index is 0.0896. The van der Waals surface area contributed by atoms with Crippen molar-refractivity contribution in [2.75, 3.05) is 5.32 Å². The molecule has 7 heteroatoms. The second-order valence-electron chi connectivity index (χ2n) is 3.20. The summed E-state index contributed by atoms with van der Waals surface area (Å²) in [5, 5.41) is 2.15. The Labute approximate surface area is 93.4 Å². The van der Waals surface area contributed by atoms with Crippen LogP contribution in [-0.4, -0.2) is 12.1 Å². The molecule has 0 saturated carbocycles. The number of hydrogen-bond acceptors (Lipinski definition) is 1. The molecule has 1 N–H and O–H groups in total. The lowest BCUT2D eigenvalue weighted by atomic mass is 10.1. The first kappa shape index (κ1) is 13.4. The number of benzene rings is 1. The van der Waals surface area contributed by atoms with Crippen molar-refractivity contribution in [2.45, 2.75) is 12.1 Å². The minimum atomic E-state index is -5.65. The van der Waals surface area contributed by atoms with Gasteiger partial charge in [0, 0.05) is 18.2 Å². The van der Waals surface area contributed by atoms with Gasteiger partial charge in [-0.2, -0.15) is 22.0 Å². The third kappa shape index (κ3) is 2.92. The van der Waals surface area contributed by atoms with Crippen LogP contribution in [0.25, 0.3) is 0 Å². The van der Waals surface area contributed by atoms with Crippen LogP contribution in [0.3, 0.4) is 0 Å². The average molecular weight is 252 g/mol. The van der Waals surface area contributed by atoms with Gasteiger partial charge in [0.05, 0.1) is 0 Å². The molecule has 0 saturated heterocycles. The molecule has 2 nitrogen and oxygen atoms in total. The van der Waals surface area contributed by atoms with E-state index in [4.69, 9.17) is 0 Å². The summed E-state index contributed by atoms with van der Waals surface area (Å²) in [5.41, 5.74) is -1.10. The summed E-state index contributed by atoms with van der Waals surface area (Å²) in [6.07, 6.45) is -5.65.